The van der Waals surface area contributed by atoms with Crippen molar-refractivity contribution in [2.45, 2.75) is 31.6 Å². The summed E-state index contributed by atoms with van der Waals surface area (Å²) in [4.78, 5) is 12.3. The minimum absolute atomic E-state index is 0.0515. The van der Waals surface area contributed by atoms with Crippen molar-refractivity contribution in [1.82, 2.24) is 0 Å². The molecule has 180 valence electrons. The number of amides is 1. The Labute approximate surface area is 199 Å². The normalized spacial score (nSPS) is 11.0. The predicted octanol–water partition coefficient (Wildman–Crippen LogP) is 5.13. The molecule has 0 saturated heterocycles. The second-order valence-corrected chi connectivity index (χ2v) is 9.10. The van der Waals surface area contributed by atoms with Crippen LogP contribution in [0, 0.1) is 12.7 Å². The number of hydrogen-bond acceptors (Lipinski definition) is 5. The lowest BCUT2D eigenvalue weighted by atomic mass is 10.2. The average molecular weight is 487 g/mol. The Morgan fingerprint density at radius 3 is 2.35 bits per heavy atom. The zero-order chi connectivity index (χ0) is 24.6. The molecule has 0 aliphatic heterocycles. The smallest absolute Gasteiger partial charge is 0.262 e. The van der Waals surface area contributed by atoms with Crippen LogP contribution in [0.5, 0.6) is 11.5 Å². The van der Waals surface area contributed by atoms with Gasteiger partial charge in [-0.1, -0.05) is 30.3 Å². The Morgan fingerprint density at radius 2 is 1.65 bits per heavy atom. The first-order valence-electron chi connectivity index (χ1n) is 10.8. The summed E-state index contributed by atoms with van der Waals surface area (Å²) in [6.45, 7) is 4.35. The topological polar surface area (TPSA) is 93.7 Å². The number of carbonyl (C=O) groups is 1. The van der Waals surface area contributed by atoms with E-state index in [1.807, 2.05) is 25.1 Å². The molecule has 34 heavy (non-hydrogen) atoms. The zero-order valence-corrected chi connectivity index (χ0v) is 19.8. The van der Waals surface area contributed by atoms with Crippen molar-refractivity contribution in [2.24, 2.45) is 0 Å². The van der Waals surface area contributed by atoms with Gasteiger partial charge in [0.2, 0.25) is 5.91 Å². The predicted molar refractivity (Wildman–Crippen MR) is 129 cm³/mol. The number of ether oxygens (including phenoxy) is 2. The highest BCUT2D eigenvalue weighted by Crippen LogP contribution is 2.27. The Hall–Kier alpha value is -3.59. The van der Waals surface area contributed by atoms with Gasteiger partial charge in [0, 0.05) is 12.1 Å². The first kappa shape index (κ1) is 25.0. The third-order valence-corrected chi connectivity index (χ3v) is 6.34. The monoisotopic (exact) mass is 486 g/mol. The van der Waals surface area contributed by atoms with E-state index in [1.165, 1.54) is 30.3 Å². The van der Waals surface area contributed by atoms with E-state index >= 15 is 0 Å². The molecule has 0 bridgehead atoms. The number of sulfonamides is 1. The van der Waals surface area contributed by atoms with E-state index in [-0.39, 0.29) is 22.9 Å². The van der Waals surface area contributed by atoms with Gasteiger partial charge in [0.25, 0.3) is 10.0 Å². The fourth-order valence-corrected chi connectivity index (χ4v) is 4.53. The maximum absolute atomic E-state index is 13.9. The standard InChI is InChI=1S/C25H27FN2O5S/c1-3-32-22-11-6-7-12-23(22)33-16-8-13-25(29)27-19-15-14-18(2)24(17-19)34(30,31)28-21-10-5-4-9-20(21)26/h4-7,9-12,14-15,17,28H,3,8,13,16H2,1-2H3,(H,27,29). The molecule has 2 N–H and O–H groups in total. The van der Waals surface area contributed by atoms with Gasteiger partial charge in [0.1, 0.15) is 5.82 Å². The van der Waals surface area contributed by atoms with Gasteiger partial charge in [0.05, 0.1) is 23.8 Å². The van der Waals surface area contributed by atoms with E-state index in [9.17, 15) is 17.6 Å². The molecule has 0 aliphatic carbocycles. The number of para-hydroxylation sites is 3. The summed E-state index contributed by atoms with van der Waals surface area (Å²) in [6.07, 6.45) is 0.637. The van der Waals surface area contributed by atoms with Gasteiger partial charge in [-0.15, -0.1) is 0 Å². The third-order valence-electron chi connectivity index (χ3n) is 4.83. The number of hydrogen-bond donors (Lipinski definition) is 2. The van der Waals surface area contributed by atoms with E-state index in [2.05, 4.69) is 10.0 Å². The number of halogens is 1. The highest BCUT2D eigenvalue weighted by molar-refractivity contribution is 7.92. The van der Waals surface area contributed by atoms with Gasteiger partial charge in [-0.3, -0.25) is 9.52 Å². The second kappa shape index (κ2) is 11.5. The van der Waals surface area contributed by atoms with Crippen LogP contribution in [0.3, 0.4) is 0 Å². The number of anilines is 2. The Morgan fingerprint density at radius 1 is 0.971 bits per heavy atom. The van der Waals surface area contributed by atoms with Crippen LogP contribution >= 0.6 is 0 Å². The molecule has 0 atom stereocenters. The van der Waals surface area contributed by atoms with Crippen molar-refractivity contribution < 1.29 is 27.1 Å². The molecule has 7 nitrogen and oxygen atoms in total. The van der Waals surface area contributed by atoms with Gasteiger partial charge in [-0.05, 0) is 62.2 Å². The summed E-state index contributed by atoms with van der Waals surface area (Å²) < 4.78 is 53.0. The lowest BCUT2D eigenvalue weighted by Crippen LogP contribution is -2.17. The summed E-state index contributed by atoms with van der Waals surface area (Å²) in [7, 11) is -4.06. The quantitative estimate of drug-likeness (QED) is 0.367. The molecule has 0 saturated carbocycles. The molecular weight excluding hydrogens is 459 g/mol. The molecule has 0 fully saturated rings. The van der Waals surface area contributed by atoms with Gasteiger partial charge in [0.15, 0.2) is 11.5 Å². The summed E-state index contributed by atoms with van der Waals surface area (Å²) in [5.74, 6) is 0.294. The van der Waals surface area contributed by atoms with Gasteiger partial charge >= 0.3 is 0 Å². The molecule has 0 unspecified atom stereocenters. The molecule has 3 rings (SSSR count). The number of nitrogens with one attached hydrogen (secondary N) is 2. The Balaban J connectivity index is 1.58. The number of rotatable bonds is 11. The lowest BCUT2D eigenvalue weighted by Gasteiger charge is -2.13. The van der Waals surface area contributed by atoms with Crippen LogP contribution in [-0.2, 0) is 14.8 Å². The molecule has 9 heteroatoms. The second-order valence-electron chi connectivity index (χ2n) is 7.45. The Bertz CT molecular complexity index is 1250. The molecule has 0 aliphatic rings. The molecule has 0 heterocycles. The van der Waals surface area contributed by atoms with Crippen LogP contribution < -0.4 is 19.5 Å². The molecule has 0 aromatic heterocycles. The lowest BCUT2D eigenvalue weighted by molar-refractivity contribution is -0.116. The van der Waals surface area contributed by atoms with E-state index in [0.717, 1.165) is 0 Å². The van der Waals surface area contributed by atoms with Crippen LogP contribution in [0.15, 0.2) is 71.6 Å². The van der Waals surface area contributed by atoms with Crippen LogP contribution in [0.25, 0.3) is 0 Å². The van der Waals surface area contributed by atoms with E-state index in [4.69, 9.17) is 9.47 Å². The number of benzene rings is 3. The molecule has 1 amide bonds. The largest absolute Gasteiger partial charge is 0.490 e. The minimum Gasteiger partial charge on any atom is -0.490 e. The van der Waals surface area contributed by atoms with Crippen LogP contribution in [-0.4, -0.2) is 27.5 Å². The number of aryl methyl sites for hydroxylation is 1. The molecular formula is C25H27FN2O5S. The summed E-state index contributed by atoms with van der Waals surface area (Å²) >= 11 is 0. The van der Waals surface area contributed by atoms with Crippen LogP contribution in [0.4, 0.5) is 15.8 Å². The van der Waals surface area contributed by atoms with Crippen LogP contribution in [0.2, 0.25) is 0 Å². The van der Waals surface area contributed by atoms with E-state index in [0.29, 0.717) is 42.4 Å². The maximum Gasteiger partial charge on any atom is 0.262 e. The molecule has 3 aromatic rings. The van der Waals surface area contributed by atoms with Crippen LogP contribution in [0.1, 0.15) is 25.3 Å². The van der Waals surface area contributed by atoms with Gasteiger partial charge < -0.3 is 14.8 Å². The van der Waals surface area contributed by atoms with E-state index in [1.54, 1.807) is 25.1 Å². The van der Waals surface area contributed by atoms with Crippen molar-refractivity contribution in [3.63, 3.8) is 0 Å². The minimum atomic E-state index is -4.06. The maximum atomic E-state index is 13.9. The zero-order valence-electron chi connectivity index (χ0n) is 19.0. The molecule has 0 radical (unpaired) electrons. The third kappa shape index (κ3) is 6.71. The van der Waals surface area contributed by atoms with Gasteiger partial charge in [-0.2, -0.15) is 0 Å². The van der Waals surface area contributed by atoms with Gasteiger partial charge in [-0.25, -0.2) is 12.8 Å². The number of carbonyl (C=O) groups excluding carboxylic acids is 1. The summed E-state index contributed by atoms with van der Waals surface area (Å²) in [5.41, 5.74) is 0.637. The van der Waals surface area contributed by atoms with E-state index < -0.39 is 15.8 Å². The molecule has 0 spiro atoms. The first-order chi connectivity index (χ1) is 16.3. The van der Waals surface area contributed by atoms with Crippen molar-refractivity contribution in [3.8, 4) is 11.5 Å². The fourth-order valence-electron chi connectivity index (χ4n) is 3.19. The SMILES string of the molecule is CCOc1ccccc1OCCCC(=O)Nc1ccc(C)c(S(=O)(=O)Nc2ccccc2F)c1. The Kier molecular flexibility index (Phi) is 8.48. The van der Waals surface area contributed by atoms with Crippen molar-refractivity contribution in [3.05, 3.63) is 78.1 Å². The molecule has 3 aromatic carbocycles. The highest BCUT2D eigenvalue weighted by Gasteiger charge is 2.19. The summed E-state index contributed by atoms with van der Waals surface area (Å²) in [5, 5.41) is 2.70. The average Bonchev–Trinajstić information content (AvgIpc) is 2.80. The van der Waals surface area contributed by atoms with Crippen molar-refractivity contribution >= 4 is 27.3 Å². The fraction of sp³-hybridized carbons (Fsp3) is 0.240. The van der Waals surface area contributed by atoms with Crippen molar-refractivity contribution in [2.75, 3.05) is 23.3 Å². The highest BCUT2D eigenvalue weighted by atomic mass is 32.2. The summed E-state index contributed by atoms with van der Waals surface area (Å²) in [6, 6.07) is 17.4. The first-order valence-corrected chi connectivity index (χ1v) is 12.3. The van der Waals surface area contributed by atoms with Crippen molar-refractivity contribution in [1.29, 1.82) is 0 Å².